The molecule has 82 valence electrons. The van der Waals surface area contributed by atoms with Gasteiger partial charge in [-0.3, -0.25) is 0 Å². The Morgan fingerprint density at radius 2 is 1.88 bits per heavy atom. The molecule has 0 N–H and O–H groups in total. The molecular formula is C14H15NO. The van der Waals surface area contributed by atoms with Gasteiger partial charge < -0.3 is 4.42 Å². The molecule has 1 aromatic carbocycles. The Bertz CT molecular complexity index is 468. The maximum Gasteiger partial charge on any atom is 0.218 e. The van der Waals surface area contributed by atoms with E-state index in [2.05, 4.69) is 18.8 Å². The Balaban J connectivity index is 2.12. The largest absolute Gasteiger partial charge is 0.442 e. The number of benzene rings is 1. The van der Waals surface area contributed by atoms with Crippen LogP contribution in [0.2, 0.25) is 0 Å². The lowest BCUT2D eigenvalue weighted by atomic mass is 10.2. The second-order valence-corrected chi connectivity index (χ2v) is 4.00. The number of rotatable bonds is 3. The molecule has 2 heteroatoms. The normalized spacial score (nSPS) is 11.4. The van der Waals surface area contributed by atoms with Crippen molar-refractivity contribution in [1.82, 2.24) is 4.98 Å². The number of aromatic nitrogens is 1. The van der Waals surface area contributed by atoms with Crippen LogP contribution in [0.4, 0.5) is 0 Å². The quantitative estimate of drug-likeness (QED) is 0.771. The van der Waals surface area contributed by atoms with Gasteiger partial charge in [0.1, 0.15) is 5.76 Å². The van der Waals surface area contributed by atoms with E-state index in [1.54, 1.807) is 6.20 Å². The summed E-state index contributed by atoms with van der Waals surface area (Å²) in [4.78, 5) is 4.20. The molecule has 1 heterocycles. The van der Waals surface area contributed by atoms with E-state index in [0.29, 0.717) is 11.8 Å². The topological polar surface area (TPSA) is 26.0 Å². The van der Waals surface area contributed by atoms with Gasteiger partial charge in [0.2, 0.25) is 5.89 Å². The van der Waals surface area contributed by atoms with Gasteiger partial charge in [0.05, 0.1) is 6.20 Å². The number of hydrogen-bond acceptors (Lipinski definition) is 2. The molecular weight excluding hydrogens is 198 g/mol. The third-order valence-electron chi connectivity index (χ3n) is 2.33. The van der Waals surface area contributed by atoms with Crippen molar-refractivity contribution in [3.8, 4) is 0 Å². The average Bonchev–Trinajstić information content (AvgIpc) is 2.76. The van der Waals surface area contributed by atoms with Crippen LogP contribution in [-0.4, -0.2) is 4.98 Å². The summed E-state index contributed by atoms with van der Waals surface area (Å²) in [6.45, 7) is 4.18. The van der Waals surface area contributed by atoms with Gasteiger partial charge in [-0.2, -0.15) is 0 Å². The predicted molar refractivity (Wildman–Crippen MR) is 66.0 cm³/mol. The van der Waals surface area contributed by atoms with Crippen LogP contribution in [0.5, 0.6) is 0 Å². The van der Waals surface area contributed by atoms with Crippen LogP contribution in [-0.2, 0) is 0 Å². The summed E-state index contributed by atoms with van der Waals surface area (Å²) in [6.07, 6.45) is 5.67. The summed E-state index contributed by atoms with van der Waals surface area (Å²) in [5.74, 6) is 1.96. The molecule has 0 amide bonds. The zero-order chi connectivity index (χ0) is 11.4. The van der Waals surface area contributed by atoms with E-state index in [9.17, 15) is 0 Å². The molecule has 1 aromatic heterocycles. The van der Waals surface area contributed by atoms with Crippen LogP contribution >= 0.6 is 0 Å². The summed E-state index contributed by atoms with van der Waals surface area (Å²) in [7, 11) is 0. The van der Waals surface area contributed by atoms with Crippen molar-refractivity contribution in [1.29, 1.82) is 0 Å². The first kappa shape index (κ1) is 10.7. The molecule has 0 aliphatic rings. The molecule has 16 heavy (non-hydrogen) atoms. The SMILES string of the molecule is CC(C)c1cnc(/C=C/c2ccccc2)o1. The van der Waals surface area contributed by atoms with E-state index in [1.165, 1.54) is 0 Å². The first-order valence-corrected chi connectivity index (χ1v) is 5.44. The molecule has 2 nitrogen and oxygen atoms in total. The number of nitrogens with zero attached hydrogens (tertiary/aromatic N) is 1. The molecule has 0 bridgehead atoms. The van der Waals surface area contributed by atoms with Crippen molar-refractivity contribution in [2.75, 3.05) is 0 Å². The Morgan fingerprint density at radius 1 is 1.12 bits per heavy atom. The van der Waals surface area contributed by atoms with Crippen LogP contribution in [0.15, 0.2) is 40.9 Å². The molecule has 2 rings (SSSR count). The summed E-state index contributed by atoms with van der Waals surface area (Å²) >= 11 is 0. The van der Waals surface area contributed by atoms with Gasteiger partial charge in [-0.05, 0) is 11.6 Å². The highest BCUT2D eigenvalue weighted by molar-refractivity contribution is 5.65. The molecule has 0 fully saturated rings. The van der Waals surface area contributed by atoms with Gasteiger partial charge in [-0.1, -0.05) is 44.2 Å². The van der Waals surface area contributed by atoms with Crippen LogP contribution in [0.3, 0.4) is 0 Å². The van der Waals surface area contributed by atoms with E-state index in [0.717, 1.165) is 11.3 Å². The summed E-state index contributed by atoms with van der Waals surface area (Å²) in [6, 6.07) is 10.1. The van der Waals surface area contributed by atoms with Crippen LogP contribution in [0.25, 0.3) is 12.2 Å². The molecule has 0 saturated heterocycles. The highest BCUT2D eigenvalue weighted by Crippen LogP contribution is 2.16. The minimum Gasteiger partial charge on any atom is -0.442 e. The third-order valence-corrected chi connectivity index (χ3v) is 2.33. The summed E-state index contributed by atoms with van der Waals surface area (Å²) in [5.41, 5.74) is 1.15. The zero-order valence-electron chi connectivity index (χ0n) is 9.55. The average molecular weight is 213 g/mol. The fourth-order valence-corrected chi connectivity index (χ4v) is 1.38. The fourth-order valence-electron chi connectivity index (χ4n) is 1.38. The minimum absolute atomic E-state index is 0.381. The standard InChI is InChI=1S/C14H15NO/c1-11(2)13-10-15-14(16-13)9-8-12-6-4-3-5-7-12/h3-11H,1-2H3/b9-8+. The first-order chi connectivity index (χ1) is 7.75. The second kappa shape index (κ2) is 4.79. The molecule has 0 unspecified atom stereocenters. The van der Waals surface area contributed by atoms with Crippen molar-refractivity contribution in [3.63, 3.8) is 0 Å². The maximum atomic E-state index is 5.57. The molecule has 0 spiro atoms. The first-order valence-electron chi connectivity index (χ1n) is 5.44. The van der Waals surface area contributed by atoms with E-state index < -0.39 is 0 Å². The smallest absolute Gasteiger partial charge is 0.218 e. The van der Waals surface area contributed by atoms with E-state index in [4.69, 9.17) is 4.42 Å². The monoisotopic (exact) mass is 213 g/mol. The number of oxazole rings is 1. The predicted octanol–water partition coefficient (Wildman–Crippen LogP) is 3.97. The lowest BCUT2D eigenvalue weighted by Crippen LogP contribution is -1.80. The highest BCUT2D eigenvalue weighted by Gasteiger charge is 2.04. The van der Waals surface area contributed by atoms with Crippen LogP contribution < -0.4 is 0 Å². The summed E-state index contributed by atoms with van der Waals surface area (Å²) in [5, 5.41) is 0. The van der Waals surface area contributed by atoms with Crippen molar-refractivity contribution in [2.45, 2.75) is 19.8 Å². The molecule has 0 atom stereocenters. The molecule has 0 aliphatic heterocycles. The zero-order valence-corrected chi connectivity index (χ0v) is 9.55. The van der Waals surface area contributed by atoms with Crippen LogP contribution in [0, 0.1) is 0 Å². The fraction of sp³-hybridized carbons (Fsp3) is 0.214. The van der Waals surface area contributed by atoms with Gasteiger partial charge >= 0.3 is 0 Å². The van der Waals surface area contributed by atoms with Crippen molar-refractivity contribution in [2.24, 2.45) is 0 Å². The summed E-state index contributed by atoms with van der Waals surface area (Å²) < 4.78 is 5.57. The van der Waals surface area contributed by atoms with E-state index in [1.807, 2.05) is 42.5 Å². The highest BCUT2D eigenvalue weighted by atomic mass is 16.4. The van der Waals surface area contributed by atoms with E-state index in [-0.39, 0.29) is 0 Å². The van der Waals surface area contributed by atoms with Gasteiger partial charge in [0, 0.05) is 12.0 Å². The van der Waals surface area contributed by atoms with Crippen molar-refractivity contribution < 1.29 is 4.42 Å². The van der Waals surface area contributed by atoms with Gasteiger partial charge in [-0.25, -0.2) is 4.98 Å². The lowest BCUT2D eigenvalue weighted by Gasteiger charge is -1.95. The maximum absolute atomic E-state index is 5.57. The number of hydrogen-bond donors (Lipinski definition) is 0. The molecule has 0 aliphatic carbocycles. The Hall–Kier alpha value is -1.83. The van der Waals surface area contributed by atoms with Crippen molar-refractivity contribution in [3.05, 3.63) is 53.7 Å². The molecule has 0 saturated carbocycles. The Labute approximate surface area is 95.6 Å². The lowest BCUT2D eigenvalue weighted by molar-refractivity contribution is 0.474. The van der Waals surface area contributed by atoms with Gasteiger partial charge in [0.25, 0.3) is 0 Å². The third kappa shape index (κ3) is 2.60. The van der Waals surface area contributed by atoms with Crippen molar-refractivity contribution >= 4 is 12.2 Å². The van der Waals surface area contributed by atoms with Gasteiger partial charge in [0.15, 0.2) is 0 Å². The van der Waals surface area contributed by atoms with E-state index >= 15 is 0 Å². The molecule has 2 aromatic rings. The second-order valence-electron chi connectivity index (χ2n) is 4.00. The Morgan fingerprint density at radius 3 is 2.50 bits per heavy atom. The minimum atomic E-state index is 0.381. The molecule has 0 radical (unpaired) electrons. The van der Waals surface area contributed by atoms with Gasteiger partial charge in [-0.15, -0.1) is 0 Å². The Kier molecular flexibility index (Phi) is 3.20. The van der Waals surface area contributed by atoms with Crippen LogP contribution in [0.1, 0.15) is 37.0 Å².